The van der Waals surface area contributed by atoms with Crippen LogP contribution in [-0.4, -0.2) is 56.4 Å². The van der Waals surface area contributed by atoms with E-state index in [2.05, 4.69) is 38.9 Å². The maximum atomic E-state index is 14.3. The van der Waals surface area contributed by atoms with Crippen molar-refractivity contribution >= 4 is 37.6 Å². The van der Waals surface area contributed by atoms with E-state index in [4.69, 9.17) is 19.6 Å². The van der Waals surface area contributed by atoms with Gasteiger partial charge in [-0.2, -0.15) is 0 Å². The quantitative estimate of drug-likeness (QED) is 0.102. The first kappa shape index (κ1) is 34.3. The smallest absolute Gasteiger partial charge is 0.266 e. The summed E-state index contributed by atoms with van der Waals surface area (Å²) >= 11 is 3.47. The van der Waals surface area contributed by atoms with Crippen molar-refractivity contribution in [2.24, 2.45) is 4.99 Å². The lowest BCUT2D eigenvalue weighted by Gasteiger charge is -2.30. The summed E-state index contributed by atoms with van der Waals surface area (Å²) in [4.78, 5) is 19.4. The van der Waals surface area contributed by atoms with Gasteiger partial charge in [-0.1, -0.05) is 76.6 Å². The lowest BCUT2D eigenvalue weighted by atomic mass is 9.85. The van der Waals surface area contributed by atoms with Crippen molar-refractivity contribution < 1.29 is 27.8 Å². The van der Waals surface area contributed by atoms with Gasteiger partial charge in [0.05, 0.1) is 17.3 Å². The van der Waals surface area contributed by atoms with Gasteiger partial charge in [-0.15, -0.1) is 0 Å². The molecule has 246 valence electrons. The normalized spacial score (nSPS) is 17.5. The number of hydrogen-bond acceptors (Lipinski definition) is 8. The van der Waals surface area contributed by atoms with Crippen LogP contribution in [0.3, 0.4) is 0 Å². The Hall–Kier alpha value is -4.03. The molecule has 9 nitrogen and oxygen atoms in total. The predicted octanol–water partition coefficient (Wildman–Crippen LogP) is 5.58. The lowest BCUT2D eigenvalue weighted by molar-refractivity contribution is -0.130. The monoisotopic (exact) mass is 719 g/mol. The summed E-state index contributed by atoms with van der Waals surface area (Å²) in [7, 11) is -3.76. The van der Waals surface area contributed by atoms with Crippen molar-refractivity contribution in [1.82, 2.24) is 10.9 Å². The largest absolute Gasteiger partial charge is 0.494 e. The highest BCUT2D eigenvalue weighted by atomic mass is 79.9. The standard InChI is InChI=1S/C36H38BrN3O6S/c37-30-18-14-28(15-19-30)33-36(22-26-47(43,44)32-12-5-2-6-13-32,35(42)40-38-23-7-11-27-9-3-1-4-10-27)39-34(46-33)29-16-20-31(21-17-29)45-25-8-24-41/h1-6,9-10,12-21,33,38,41H,7-8,11,22-26H2,(H,40,42)/t33-,36-/m0/s1. The van der Waals surface area contributed by atoms with Gasteiger partial charge < -0.3 is 14.6 Å². The summed E-state index contributed by atoms with van der Waals surface area (Å²) in [6.07, 6.45) is 1.07. The van der Waals surface area contributed by atoms with Gasteiger partial charge >= 0.3 is 0 Å². The number of benzene rings is 4. The molecule has 0 saturated carbocycles. The van der Waals surface area contributed by atoms with Gasteiger partial charge in [0.15, 0.2) is 21.5 Å². The number of hydrogen-bond donors (Lipinski definition) is 3. The number of aliphatic hydroxyl groups excluding tert-OH is 1. The zero-order chi connectivity index (χ0) is 33.1. The number of halogens is 1. The van der Waals surface area contributed by atoms with E-state index in [0.717, 1.165) is 17.3 Å². The van der Waals surface area contributed by atoms with Crippen LogP contribution in [0.5, 0.6) is 5.75 Å². The molecule has 4 aromatic carbocycles. The third kappa shape index (κ3) is 8.86. The zero-order valence-corrected chi connectivity index (χ0v) is 28.3. The highest BCUT2D eigenvalue weighted by Gasteiger charge is 2.53. The predicted molar refractivity (Wildman–Crippen MR) is 185 cm³/mol. The van der Waals surface area contributed by atoms with Crippen molar-refractivity contribution in [3.8, 4) is 5.75 Å². The molecule has 11 heteroatoms. The SMILES string of the molecule is O=C(NNCCCc1ccccc1)[C@@]1(CCS(=O)(=O)c2ccccc2)N=C(c2ccc(OCCCO)cc2)O[C@H]1c1ccc(Br)cc1. The summed E-state index contributed by atoms with van der Waals surface area (Å²) in [5, 5.41) is 9.06. The van der Waals surface area contributed by atoms with Crippen LogP contribution in [0.15, 0.2) is 124 Å². The van der Waals surface area contributed by atoms with Crippen LogP contribution in [0.25, 0.3) is 0 Å². The Morgan fingerprint density at radius 2 is 1.60 bits per heavy atom. The molecule has 0 aromatic heterocycles. The number of aliphatic hydroxyl groups is 1. The van der Waals surface area contributed by atoms with Crippen molar-refractivity contribution in [2.75, 3.05) is 25.5 Å². The summed E-state index contributed by atoms with van der Waals surface area (Å²) in [6, 6.07) is 32.7. The molecule has 5 rings (SSSR count). The summed E-state index contributed by atoms with van der Waals surface area (Å²) in [5.41, 5.74) is 6.73. The van der Waals surface area contributed by atoms with Crippen LogP contribution >= 0.6 is 15.9 Å². The number of hydrazine groups is 1. The summed E-state index contributed by atoms with van der Waals surface area (Å²) in [6.45, 7) is 0.903. The van der Waals surface area contributed by atoms with Crippen LogP contribution in [0.1, 0.15) is 42.1 Å². The molecule has 1 aliphatic heterocycles. The fourth-order valence-corrected chi connectivity index (χ4v) is 6.97. The van der Waals surface area contributed by atoms with Gasteiger partial charge in [-0.3, -0.25) is 10.2 Å². The van der Waals surface area contributed by atoms with Gasteiger partial charge in [0.2, 0.25) is 5.90 Å². The molecule has 0 saturated heterocycles. The maximum absolute atomic E-state index is 14.3. The fourth-order valence-electron chi connectivity index (χ4n) is 5.32. The number of carbonyl (C=O) groups is 1. The van der Waals surface area contributed by atoms with E-state index in [1.165, 1.54) is 5.56 Å². The fraction of sp³-hybridized carbons (Fsp3) is 0.278. The molecule has 0 aliphatic carbocycles. The number of carbonyl (C=O) groups excluding carboxylic acids is 1. The number of ether oxygens (including phenoxy) is 2. The number of nitrogens with one attached hydrogen (secondary N) is 2. The van der Waals surface area contributed by atoms with E-state index in [0.29, 0.717) is 36.4 Å². The highest BCUT2D eigenvalue weighted by molar-refractivity contribution is 9.10. The Kier molecular flexibility index (Phi) is 11.8. The molecule has 0 spiro atoms. The Bertz CT molecular complexity index is 1740. The topological polar surface area (TPSA) is 126 Å². The number of aliphatic imine (C=N–C) groups is 1. The third-order valence-corrected chi connectivity index (χ3v) is 10.1. The minimum atomic E-state index is -3.76. The average molecular weight is 721 g/mol. The second-order valence-corrected chi connectivity index (χ2v) is 14.2. The van der Waals surface area contributed by atoms with Crippen LogP contribution in [-0.2, 0) is 25.8 Å². The number of nitrogens with zero attached hydrogens (tertiary/aromatic N) is 1. The molecule has 0 radical (unpaired) electrons. The first-order chi connectivity index (χ1) is 22.8. The minimum Gasteiger partial charge on any atom is -0.494 e. The molecule has 3 N–H and O–H groups in total. The maximum Gasteiger partial charge on any atom is 0.266 e. The molecule has 47 heavy (non-hydrogen) atoms. The molecular weight excluding hydrogens is 682 g/mol. The number of aryl methyl sites for hydroxylation is 1. The molecule has 4 aromatic rings. The average Bonchev–Trinajstić information content (AvgIpc) is 3.50. The van der Waals surface area contributed by atoms with Gasteiger partial charge in [0, 0.05) is 36.0 Å². The lowest BCUT2D eigenvalue weighted by Crippen LogP contribution is -2.53. The minimum absolute atomic E-state index is 0.0339. The van der Waals surface area contributed by atoms with Gasteiger partial charge in [-0.25, -0.2) is 18.8 Å². The first-order valence-electron chi connectivity index (χ1n) is 15.5. The second-order valence-electron chi connectivity index (χ2n) is 11.2. The van der Waals surface area contributed by atoms with E-state index in [1.807, 2.05) is 42.5 Å². The van der Waals surface area contributed by atoms with E-state index < -0.39 is 27.4 Å². The van der Waals surface area contributed by atoms with Crippen molar-refractivity contribution in [1.29, 1.82) is 0 Å². The molecule has 0 unspecified atom stereocenters. The van der Waals surface area contributed by atoms with Crippen molar-refractivity contribution in [2.45, 2.75) is 42.2 Å². The van der Waals surface area contributed by atoms with E-state index in [1.54, 1.807) is 54.6 Å². The van der Waals surface area contributed by atoms with Crippen LogP contribution in [0.4, 0.5) is 0 Å². The van der Waals surface area contributed by atoms with Crippen LogP contribution in [0.2, 0.25) is 0 Å². The molecule has 1 amide bonds. The number of amides is 1. The van der Waals surface area contributed by atoms with E-state index in [9.17, 15) is 13.2 Å². The van der Waals surface area contributed by atoms with Crippen molar-refractivity contribution in [3.63, 3.8) is 0 Å². The zero-order valence-electron chi connectivity index (χ0n) is 25.8. The second kappa shape index (κ2) is 16.2. The van der Waals surface area contributed by atoms with Gasteiger partial charge in [-0.05, 0) is 72.5 Å². The molecular formula is C36H38BrN3O6S. The Morgan fingerprint density at radius 1 is 0.915 bits per heavy atom. The van der Waals surface area contributed by atoms with Crippen LogP contribution < -0.4 is 15.6 Å². The summed E-state index contributed by atoms with van der Waals surface area (Å²) in [5.74, 6) is 0.00917. The van der Waals surface area contributed by atoms with Gasteiger partial charge in [0.25, 0.3) is 5.91 Å². The third-order valence-electron chi connectivity index (χ3n) is 7.87. The molecule has 0 bridgehead atoms. The van der Waals surface area contributed by atoms with Crippen LogP contribution in [0, 0.1) is 0 Å². The van der Waals surface area contributed by atoms with E-state index in [-0.39, 0.29) is 29.6 Å². The molecule has 2 atom stereocenters. The Morgan fingerprint density at radius 3 is 2.28 bits per heavy atom. The first-order valence-corrected chi connectivity index (χ1v) is 18.0. The van der Waals surface area contributed by atoms with E-state index >= 15 is 0 Å². The Labute approximate surface area is 284 Å². The summed E-state index contributed by atoms with van der Waals surface area (Å²) < 4.78 is 40.0. The number of sulfone groups is 1. The molecule has 1 aliphatic rings. The van der Waals surface area contributed by atoms with Crippen molar-refractivity contribution in [3.05, 3.63) is 130 Å². The highest BCUT2D eigenvalue weighted by Crippen LogP contribution is 2.43. The Balaban J connectivity index is 1.45. The number of rotatable bonds is 16. The molecule has 0 fully saturated rings. The van der Waals surface area contributed by atoms with Gasteiger partial charge in [0.1, 0.15) is 5.75 Å². The molecule has 1 heterocycles.